The van der Waals surface area contributed by atoms with E-state index in [0.29, 0.717) is 6.04 Å². The van der Waals surface area contributed by atoms with Crippen LogP contribution >= 0.6 is 0 Å². The molecular formula is C14H25N3O. The first-order valence-electron chi connectivity index (χ1n) is 6.51. The van der Waals surface area contributed by atoms with Crippen LogP contribution in [0.2, 0.25) is 0 Å². The molecule has 0 radical (unpaired) electrons. The SMILES string of the molecule is CCN(c1ccc(C(C)O)nc1)C(C)CN(C)C. The minimum atomic E-state index is -0.506. The highest BCUT2D eigenvalue weighted by atomic mass is 16.3. The van der Waals surface area contributed by atoms with E-state index in [-0.39, 0.29) is 0 Å². The molecule has 0 saturated heterocycles. The minimum absolute atomic E-state index is 0.434. The van der Waals surface area contributed by atoms with Gasteiger partial charge in [-0.2, -0.15) is 0 Å². The Bertz CT molecular complexity index is 349. The van der Waals surface area contributed by atoms with Crippen molar-refractivity contribution < 1.29 is 5.11 Å². The number of nitrogens with zero attached hydrogens (tertiary/aromatic N) is 3. The molecule has 1 N–H and O–H groups in total. The van der Waals surface area contributed by atoms with Gasteiger partial charge in [-0.05, 0) is 47.0 Å². The number of likely N-dealkylation sites (N-methyl/N-ethyl adjacent to an activating group) is 2. The molecule has 0 bridgehead atoms. The van der Waals surface area contributed by atoms with Gasteiger partial charge in [-0.3, -0.25) is 4.98 Å². The molecule has 4 nitrogen and oxygen atoms in total. The van der Waals surface area contributed by atoms with Crippen LogP contribution in [0.1, 0.15) is 32.6 Å². The first kappa shape index (κ1) is 14.9. The van der Waals surface area contributed by atoms with Crippen molar-refractivity contribution in [1.29, 1.82) is 0 Å². The second-order valence-corrected chi connectivity index (χ2v) is 5.01. The van der Waals surface area contributed by atoms with Crippen molar-refractivity contribution in [2.45, 2.75) is 32.9 Å². The van der Waals surface area contributed by atoms with Crippen LogP contribution in [0.4, 0.5) is 5.69 Å². The summed E-state index contributed by atoms with van der Waals surface area (Å²) in [6.07, 6.45) is 1.34. The summed E-state index contributed by atoms with van der Waals surface area (Å²) in [7, 11) is 4.16. The zero-order chi connectivity index (χ0) is 13.7. The molecule has 0 spiro atoms. The van der Waals surface area contributed by atoms with Crippen molar-refractivity contribution in [2.24, 2.45) is 0 Å². The Labute approximate surface area is 110 Å². The van der Waals surface area contributed by atoms with E-state index in [1.54, 1.807) is 6.92 Å². The molecule has 102 valence electrons. The van der Waals surface area contributed by atoms with Crippen molar-refractivity contribution in [1.82, 2.24) is 9.88 Å². The van der Waals surface area contributed by atoms with Crippen LogP contribution in [0.15, 0.2) is 18.3 Å². The van der Waals surface area contributed by atoms with Crippen molar-refractivity contribution in [3.05, 3.63) is 24.0 Å². The molecule has 0 fully saturated rings. The number of hydrogen-bond donors (Lipinski definition) is 1. The van der Waals surface area contributed by atoms with Crippen LogP contribution < -0.4 is 4.90 Å². The molecule has 18 heavy (non-hydrogen) atoms. The van der Waals surface area contributed by atoms with Gasteiger partial charge in [0.2, 0.25) is 0 Å². The standard InChI is InChI=1S/C14H25N3O/c1-6-17(11(2)10-16(4)5)13-7-8-14(12(3)18)15-9-13/h7-9,11-12,18H,6,10H2,1-5H3. The number of aliphatic hydroxyl groups is 1. The van der Waals surface area contributed by atoms with E-state index in [4.69, 9.17) is 0 Å². The largest absolute Gasteiger partial charge is 0.387 e. The van der Waals surface area contributed by atoms with Crippen LogP contribution in [0.25, 0.3) is 0 Å². The van der Waals surface area contributed by atoms with Gasteiger partial charge in [0.15, 0.2) is 0 Å². The number of aliphatic hydroxyl groups excluding tert-OH is 1. The third-order valence-electron chi connectivity index (χ3n) is 3.03. The van der Waals surface area contributed by atoms with E-state index in [9.17, 15) is 5.11 Å². The van der Waals surface area contributed by atoms with Gasteiger partial charge < -0.3 is 14.9 Å². The van der Waals surface area contributed by atoms with Gasteiger partial charge in [0, 0.05) is 19.1 Å². The Morgan fingerprint density at radius 2 is 1.94 bits per heavy atom. The maximum Gasteiger partial charge on any atom is 0.0931 e. The van der Waals surface area contributed by atoms with Gasteiger partial charge in [-0.25, -0.2) is 0 Å². The van der Waals surface area contributed by atoms with Crippen molar-refractivity contribution in [3.8, 4) is 0 Å². The predicted molar refractivity (Wildman–Crippen MR) is 75.9 cm³/mol. The molecule has 0 aliphatic heterocycles. The Kier molecular flexibility index (Phi) is 5.56. The van der Waals surface area contributed by atoms with E-state index in [0.717, 1.165) is 24.5 Å². The molecule has 0 aliphatic carbocycles. The summed E-state index contributed by atoms with van der Waals surface area (Å²) in [5.74, 6) is 0. The van der Waals surface area contributed by atoms with Crippen LogP contribution in [0.3, 0.4) is 0 Å². The summed E-state index contributed by atoms with van der Waals surface area (Å²) in [5.41, 5.74) is 1.83. The summed E-state index contributed by atoms with van der Waals surface area (Å²) in [5, 5.41) is 9.46. The summed E-state index contributed by atoms with van der Waals surface area (Å²) < 4.78 is 0. The normalized spacial score (nSPS) is 14.6. The van der Waals surface area contributed by atoms with Crippen LogP contribution in [0.5, 0.6) is 0 Å². The lowest BCUT2D eigenvalue weighted by Gasteiger charge is -2.31. The molecule has 1 rings (SSSR count). The Morgan fingerprint density at radius 3 is 2.33 bits per heavy atom. The first-order valence-corrected chi connectivity index (χ1v) is 6.51. The average molecular weight is 251 g/mol. The third-order valence-corrected chi connectivity index (χ3v) is 3.03. The molecule has 0 amide bonds. The zero-order valence-electron chi connectivity index (χ0n) is 12.1. The Morgan fingerprint density at radius 1 is 1.28 bits per heavy atom. The number of aromatic nitrogens is 1. The molecule has 2 unspecified atom stereocenters. The van der Waals surface area contributed by atoms with Crippen LogP contribution in [-0.4, -0.2) is 48.2 Å². The van der Waals surface area contributed by atoms with Crippen molar-refractivity contribution in [2.75, 3.05) is 32.1 Å². The number of hydrogen-bond acceptors (Lipinski definition) is 4. The fourth-order valence-corrected chi connectivity index (χ4v) is 2.19. The van der Waals surface area contributed by atoms with Gasteiger partial charge in [-0.15, -0.1) is 0 Å². The van der Waals surface area contributed by atoms with Gasteiger partial charge >= 0.3 is 0 Å². The molecule has 0 saturated carbocycles. The molecule has 0 aromatic carbocycles. The highest BCUT2D eigenvalue weighted by molar-refractivity contribution is 5.45. The first-order chi connectivity index (χ1) is 8.45. The number of anilines is 1. The molecule has 0 aliphatic rings. The fourth-order valence-electron chi connectivity index (χ4n) is 2.19. The van der Waals surface area contributed by atoms with E-state index in [2.05, 4.69) is 42.7 Å². The zero-order valence-corrected chi connectivity index (χ0v) is 12.1. The molecule has 2 atom stereocenters. The maximum atomic E-state index is 9.46. The lowest BCUT2D eigenvalue weighted by atomic mass is 10.2. The molecular weight excluding hydrogens is 226 g/mol. The lowest BCUT2D eigenvalue weighted by Crippen LogP contribution is -2.40. The van der Waals surface area contributed by atoms with Gasteiger partial charge in [-0.1, -0.05) is 0 Å². The second kappa shape index (κ2) is 6.71. The Balaban J connectivity index is 2.81. The van der Waals surface area contributed by atoms with E-state index >= 15 is 0 Å². The number of rotatable bonds is 6. The second-order valence-electron chi connectivity index (χ2n) is 5.01. The highest BCUT2D eigenvalue weighted by Crippen LogP contribution is 2.18. The van der Waals surface area contributed by atoms with Gasteiger partial charge in [0.1, 0.15) is 0 Å². The van der Waals surface area contributed by atoms with Gasteiger partial charge in [0.25, 0.3) is 0 Å². The van der Waals surface area contributed by atoms with E-state index in [1.807, 2.05) is 18.3 Å². The smallest absolute Gasteiger partial charge is 0.0931 e. The predicted octanol–water partition coefficient (Wildman–Crippen LogP) is 1.91. The monoisotopic (exact) mass is 251 g/mol. The Hall–Kier alpha value is -1.13. The average Bonchev–Trinajstić information content (AvgIpc) is 2.29. The summed E-state index contributed by atoms with van der Waals surface area (Å²) in [6, 6.07) is 4.36. The third kappa shape index (κ3) is 3.96. The molecule has 1 heterocycles. The lowest BCUT2D eigenvalue weighted by molar-refractivity contribution is 0.194. The fraction of sp³-hybridized carbons (Fsp3) is 0.643. The van der Waals surface area contributed by atoms with Crippen molar-refractivity contribution >= 4 is 5.69 Å². The minimum Gasteiger partial charge on any atom is -0.387 e. The summed E-state index contributed by atoms with van der Waals surface area (Å²) in [6.45, 7) is 8.05. The summed E-state index contributed by atoms with van der Waals surface area (Å²) in [4.78, 5) is 8.81. The molecule has 1 aromatic rings. The summed E-state index contributed by atoms with van der Waals surface area (Å²) >= 11 is 0. The molecule has 1 aromatic heterocycles. The quantitative estimate of drug-likeness (QED) is 0.838. The van der Waals surface area contributed by atoms with Crippen LogP contribution in [0, 0.1) is 0 Å². The molecule has 4 heteroatoms. The van der Waals surface area contributed by atoms with E-state index < -0.39 is 6.10 Å². The maximum absolute atomic E-state index is 9.46. The van der Waals surface area contributed by atoms with E-state index in [1.165, 1.54) is 0 Å². The highest BCUT2D eigenvalue weighted by Gasteiger charge is 2.14. The van der Waals surface area contributed by atoms with Crippen molar-refractivity contribution in [3.63, 3.8) is 0 Å². The van der Waals surface area contributed by atoms with Crippen LogP contribution in [-0.2, 0) is 0 Å². The topological polar surface area (TPSA) is 39.6 Å². The number of pyridine rings is 1. The van der Waals surface area contributed by atoms with Gasteiger partial charge in [0.05, 0.1) is 23.7 Å².